The minimum Gasteiger partial charge on any atom is -0.452 e. The molecule has 1 aliphatic heterocycles. The molecule has 0 saturated carbocycles. The van der Waals surface area contributed by atoms with Gasteiger partial charge in [0.15, 0.2) is 6.61 Å². The predicted molar refractivity (Wildman–Crippen MR) is 157 cm³/mol. The Balaban J connectivity index is 1.08. The van der Waals surface area contributed by atoms with Crippen LogP contribution in [0, 0.1) is 25.7 Å². The number of carbonyl (C=O) groups excluding carboxylic acids is 4. The number of imide groups is 1. The van der Waals surface area contributed by atoms with E-state index in [0.29, 0.717) is 11.4 Å². The lowest BCUT2D eigenvalue weighted by molar-refractivity contribution is -0.122. The Morgan fingerprint density at radius 1 is 0.714 bits per heavy atom. The second-order valence-corrected chi connectivity index (χ2v) is 11.3. The van der Waals surface area contributed by atoms with Crippen LogP contribution >= 0.6 is 0 Å². The third-order valence-electron chi connectivity index (χ3n) is 8.65. The van der Waals surface area contributed by atoms with Gasteiger partial charge in [-0.05, 0) is 83.6 Å². The maximum atomic E-state index is 13.9. The van der Waals surface area contributed by atoms with Crippen molar-refractivity contribution in [3.8, 4) is 0 Å². The van der Waals surface area contributed by atoms with Crippen molar-refractivity contribution in [1.29, 1.82) is 0 Å². The van der Waals surface area contributed by atoms with Crippen LogP contribution in [0.1, 0.15) is 55.6 Å². The summed E-state index contributed by atoms with van der Waals surface area (Å²) in [6, 6.07) is 28.1. The molecule has 1 saturated heterocycles. The normalized spacial score (nSPS) is 21.4. The third-order valence-corrected chi connectivity index (χ3v) is 8.65. The first-order valence-electron chi connectivity index (χ1n) is 14.0. The van der Waals surface area contributed by atoms with E-state index in [1.807, 2.05) is 56.3 Å². The summed E-state index contributed by atoms with van der Waals surface area (Å²) in [5, 5.41) is 2.74. The summed E-state index contributed by atoms with van der Waals surface area (Å²) in [7, 11) is 0. The number of nitrogens with zero attached hydrogens (tertiary/aromatic N) is 1. The van der Waals surface area contributed by atoms with E-state index in [2.05, 4.69) is 29.6 Å². The van der Waals surface area contributed by atoms with Gasteiger partial charge in [-0.25, -0.2) is 9.69 Å². The molecule has 208 valence electrons. The van der Waals surface area contributed by atoms with Gasteiger partial charge in [-0.3, -0.25) is 14.4 Å². The highest BCUT2D eigenvalue weighted by molar-refractivity contribution is 6.23. The summed E-state index contributed by atoms with van der Waals surface area (Å²) < 4.78 is 5.22. The van der Waals surface area contributed by atoms with E-state index >= 15 is 0 Å². The highest BCUT2D eigenvalue weighted by Crippen LogP contribution is 2.61. The number of carbonyl (C=O) groups is 4. The molecule has 42 heavy (non-hydrogen) atoms. The number of benzene rings is 4. The highest BCUT2D eigenvalue weighted by atomic mass is 16.5. The number of rotatable bonds is 5. The second-order valence-electron chi connectivity index (χ2n) is 11.3. The van der Waals surface area contributed by atoms with Crippen LogP contribution in [0.5, 0.6) is 0 Å². The van der Waals surface area contributed by atoms with Crippen molar-refractivity contribution in [3.05, 3.63) is 130 Å². The average Bonchev–Trinajstić information content (AvgIpc) is 3.25. The van der Waals surface area contributed by atoms with E-state index in [1.54, 1.807) is 12.1 Å². The van der Waals surface area contributed by atoms with Crippen molar-refractivity contribution in [1.82, 2.24) is 0 Å². The predicted octanol–water partition coefficient (Wildman–Crippen LogP) is 5.50. The van der Waals surface area contributed by atoms with Crippen LogP contribution in [0.15, 0.2) is 91.0 Å². The maximum absolute atomic E-state index is 13.9. The topological polar surface area (TPSA) is 92.8 Å². The van der Waals surface area contributed by atoms with Crippen LogP contribution < -0.4 is 10.2 Å². The van der Waals surface area contributed by atoms with Crippen LogP contribution in [-0.4, -0.2) is 30.3 Å². The standard InChI is InChI=1S/C35H28N2O5/c1-19-15-20(2)17-22(16-19)36-28(38)18-42-35(41)21-11-13-23(14-12-21)37-33(39)31-29-24-7-3-4-8-25(24)30(32(31)34(37)40)27-10-6-5-9-26(27)29/h3-17,29-32H,18H2,1-2H3,(H,36,38)/t29?,30?,31-,32-/m1/s1. The monoisotopic (exact) mass is 556 g/mol. The lowest BCUT2D eigenvalue weighted by atomic mass is 9.55. The summed E-state index contributed by atoms with van der Waals surface area (Å²) >= 11 is 0. The number of amides is 3. The molecule has 7 nitrogen and oxygen atoms in total. The van der Waals surface area contributed by atoms with Crippen LogP contribution in [0.3, 0.4) is 0 Å². The largest absolute Gasteiger partial charge is 0.452 e. The zero-order chi connectivity index (χ0) is 29.1. The van der Waals surface area contributed by atoms with Crippen LogP contribution in [-0.2, 0) is 19.1 Å². The quantitative estimate of drug-likeness (QED) is 0.259. The Hall–Kier alpha value is -5.04. The van der Waals surface area contributed by atoms with Crippen molar-refractivity contribution in [2.75, 3.05) is 16.8 Å². The van der Waals surface area contributed by atoms with Gasteiger partial charge < -0.3 is 10.1 Å². The molecule has 3 aliphatic carbocycles. The summed E-state index contributed by atoms with van der Waals surface area (Å²) in [6.45, 7) is 3.43. The van der Waals surface area contributed by atoms with Crippen molar-refractivity contribution < 1.29 is 23.9 Å². The highest BCUT2D eigenvalue weighted by Gasteiger charge is 2.61. The van der Waals surface area contributed by atoms with Crippen LogP contribution in [0.2, 0.25) is 0 Å². The molecule has 2 atom stereocenters. The molecule has 0 unspecified atom stereocenters. The number of aryl methyl sites for hydroxylation is 2. The average molecular weight is 557 g/mol. The molecule has 4 aromatic rings. The fourth-order valence-corrected chi connectivity index (χ4v) is 7.14. The summed E-state index contributed by atoms with van der Waals surface area (Å²) in [6.07, 6.45) is 0. The van der Waals surface area contributed by atoms with E-state index in [4.69, 9.17) is 4.74 Å². The molecule has 3 amide bonds. The van der Waals surface area contributed by atoms with Crippen LogP contribution in [0.25, 0.3) is 0 Å². The van der Waals surface area contributed by atoms with Gasteiger partial charge in [0.25, 0.3) is 5.91 Å². The first kappa shape index (κ1) is 25.9. The SMILES string of the molecule is Cc1cc(C)cc(NC(=O)COC(=O)c2ccc(N3C(=O)[C@@H]4C5c6ccccc6C(c6ccccc65)[C@H]4C3=O)cc2)c1. The van der Waals surface area contributed by atoms with E-state index in [0.717, 1.165) is 33.4 Å². The third kappa shape index (κ3) is 4.04. The number of hydrogen-bond donors (Lipinski definition) is 1. The van der Waals surface area contributed by atoms with Crippen molar-refractivity contribution in [2.24, 2.45) is 11.8 Å². The fraction of sp³-hybridized carbons (Fsp3) is 0.200. The van der Waals surface area contributed by atoms with E-state index < -0.39 is 30.3 Å². The van der Waals surface area contributed by atoms with E-state index in [9.17, 15) is 19.2 Å². The molecule has 0 aromatic heterocycles. The lowest BCUT2D eigenvalue weighted by Crippen LogP contribution is -2.41. The number of anilines is 2. The van der Waals surface area contributed by atoms with Gasteiger partial charge in [0, 0.05) is 17.5 Å². The van der Waals surface area contributed by atoms with Gasteiger partial charge in [-0.15, -0.1) is 0 Å². The van der Waals surface area contributed by atoms with Crippen LogP contribution in [0.4, 0.5) is 11.4 Å². The van der Waals surface area contributed by atoms with Crippen molar-refractivity contribution in [3.63, 3.8) is 0 Å². The Bertz CT molecular complexity index is 1660. The van der Waals surface area contributed by atoms with Gasteiger partial charge in [0.1, 0.15) is 0 Å². The maximum Gasteiger partial charge on any atom is 0.338 e. The van der Waals surface area contributed by atoms with Gasteiger partial charge >= 0.3 is 5.97 Å². The fourth-order valence-electron chi connectivity index (χ4n) is 7.14. The minimum atomic E-state index is -0.672. The first-order chi connectivity index (χ1) is 20.3. The van der Waals surface area contributed by atoms with Crippen molar-refractivity contribution >= 4 is 35.1 Å². The summed E-state index contributed by atoms with van der Waals surface area (Å²) in [4.78, 5) is 54.1. The Labute approximate surface area is 243 Å². The molecule has 1 heterocycles. The molecule has 0 radical (unpaired) electrons. The molecular weight excluding hydrogens is 528 g/mol. The number of hydrogen-bond acceptors (Lipinski definition) is 5. The lowest BCUT2D eigenvalue weighted by Gasteiger charge is -2.45. The van der Waals surface area contributed by atoms with E-state index in [-0.39, 0.29) is 29.2 Å². The smallest absolute Gasteiger partial charge is 0.338 e. The summed E-state index contributed by atoms with van der Waals surface area (Å²) in [5.74, 6) is -2.88. The minimum absolute atomic E-state index is 0.182. The molecule has 2 bridgehead atoms. The Kier molecular flexibility index (Phi) is 6.04. The number of esters is 1. The molecule has 0 spiro atoms. The van der Waals surface area contributed by atoms with Gasteiger partial charge in [0.05, 0.1) is 23.1 Å². The zero-order valence-corrected chi connectivity index (χ0v) is 23.2. The molecule has 1 fully saturated rings. The molecular formula is C35H28N2O5. The van der Waals surface area contributed by atoms with Gasteiger partial charge in [-0.1, -0.05) is 54.6 Å². The van der Waals surface area contributed by atoms with Gasteiger partial charge in [0.2, 0.25) is 11.8 Å². The Morgan fingerprint density at radius 3 is 1.67 bits per heavy atom. The first-order valence-corrected chi connectivity index (χ1v) is 14.0. The van der Waals surface area contributed by atoms with Crippen molar-refractivity contribution in [2.45, 2.75) is 25.7 Å². The molecule has 8 rings (SSSR count). The number of nitrogens with one attached hydrogen (secondary N) is 1. The molecule has 7 heteroatoms. The summed E-state index contributed by atoms with van der Waals surface area (Å²) in [5.41, 5.74) is 7.76. The Morgan fingerprint density at radius 2 is 1.19 bits per heavy atom. The molecule has 1 N–H and O–H groups in total. The van der Waals surface area contributed by atoms with Gasteiger partial charge in [-0.2, -0.15) is 0 Å². The second kappa shape index (κ2) is 9.80. The zero-order valence-electron chi connectivity index (χ0n) is 23.2. The van der Waals surface area contributed by atoms with E-state index in [1.165, 1.54) is 17.0 Å². The number of ether oxygens (including phenoxy) is 1. The molecule has 4 aliphatic rings. The molecule has 4 aromatic carbocycles.